The Morgan fingerprint density at radius 1 is 1.15 bits per heavy atom. The molecule has 1 aromatic rings. The van der Waals surface area contributed by atoms with E-state index in [2.05, 4.69) is 20.9 Å². The second-order valence-corrected chi connectivity index (χ2v) is 8.70. The van der Waals surface area contributed by atoms with E-state index in [-0.39, 0.29) is 23.3 Å². The monoisotopic (exact) mass is 395 g/mol. The lowest BCUT2D eigenvalue weighted by Crippen LogP contribution is -2.41. The normalized spacial score (nSPS) is 14.9. The molecule has 0 bridgehead atoms. The predicted molar refractivity (Wildman–Crippen MR) is 106 cm³/mol. The number of rotatable bonds is 9. The summed E-state index contributed by atoms with van der Waals surface area (Å²) in [4.78, 5) is 16.4. The first-order chi connectivity index (χ1) is 12.9. The predicted octanol–water partition coefficient (Wildman–Crippen LogP) is 0.518. The number of amides is 1. The molecule has 27 heavy (non-hydrogen) atoms. The topological polar surface area (TPSA) is 103 Å². The highest BCUT2D eigenvalue weighted by Gasteiger charge is 2.29. The molecule has 9 heteroatoms. The molecule has 8 nitrogen and oxygen atoms in total. The first-order valence-corrected chi connectivity index (χ1v) is 10.6. The van der Waals surface area contributed by atoms with Gasteiger partial charge < -0.3 is 16.0 Å². The van der Waals surface area contributed by atoms with Crippen molar-refractivity contribution >= 4 is 21.9 Å². The van der Waals surface area contributed by atoms with Crippen LogP contribution in [0.1, 0.15) is 25.3 Å². The van der Waals surface area contributed by atoms with Crippen LogP contribution < -0.4 is 16.0 Å². The van der Waals surface area contributed by atoms with Crippen LogP contribution in [0.25, 0.3) is 0 Å². The molecule has 0 spiro atoms. The van der Waals surface area contributed by atoms with Crippen LogP contribution in [-0.4, -0.2) is 58.3 Å². The summed E-state index contributed by atoms with van der Waals surface area (Å²) in [6.07, 6.45) is 1.97. The Balaban J connectivity index is 1.98. The zero-order valence-electron chi connectivity index (χ0n) is 16.2. The van der Waals surface area contributed by atoms with Gasteiger partial charge in [0, 0.05) is 39.6 Å². The Labute approximate surface area is 161 Å². The maximum atomic E-state index is 12.5. The van der Waals surface area contributed by atoms with Crippen molar-refractivity contribution in [1.29, 1.82) is 0 Å². The average molecular weight is 396 g/mol. The van der Waals surface area contributed by atoms with Crippen molar-refractivity contribution in [2.75, 3.05) is 33.7 Å². The third-order valence-corrected chi connectivity index (χ3v) is 6.06. The second kappa shape index (κ2) is 9.70. The molecule has 0 unspecified atom stereocenters. The molecule has 0 saturated heterocycles. The van der Waals surface area contributed by atoms with E-state index in [4.69, 9.17) is 0 Å². The zero-order chi connectivity index (χ0) is 19.9. The Morgan fingerprint density at radius 3 is 2.44 bits per heavy atom. The Bertz CT molecular complexity index is 773. The van der Waals surface area contributed by atoms with Crippen LogP contribution >= 0.6 is 0 Å². The lowest BCUT2D eigenvalue weighted by Gasteiger charge is -2.15. The highest BCUT2D eigenvalue weighted by Crippen LogP contribution is 2.28. The lowest BCUT2D eigenvalue weighted by atomic mass is 10.2. The van der Waals surface area contributed by atoms with Crippen molar-refractivity contribution in [2.45, 2.75) is 31.2 Å². The first-order valence-electron chi connectivity index (χ1n) is 9.16. The summed E-state index contributed by atoms with van der Waals surface area (Å²) < 4.78 is 26.1. The number of carbonyl (C=O) groups excluding carboxylic acids is 1. The molecule has 2 rings (SSSR count). The van der Waals surface area contributed by atoms with Crippen LogP contribution in [0.2, 0.25) is 0 Å². The smallest absolute Gasteiger partial charge is 0.242 e. The highest BCUT2D eigenvalue weighted by atomic mass is 32.2. The summed E-state index contributed by atoms with van der Waals surface area (Å²) in [7, 11) is -0.503. The van der Waals surface area contributed by atoms with E-state index in [9.17, 15) is 13.2 Å². The van der Waals surface area contributed by atoms with Crippen LogP contribution in [0.5, 0.6) is 0 Å². The molecule has 0 aromatic heterocycles. The summed E-state index contributed by atoms with van der Waals surface area (Å²) >= 11 is 0. The van der Waals surface area contributed by atoms with E-state index in [0.717, 1.165) is 12.8 Å². The van der Waals surface area contributed by atoms with Gasteiger partial charge in [0.25, 0.3) is 0 Å². The van der Waals surface area contributed by atoms with Gasteiger partial charge in [0.15, 0.2) is 5.96 Å². The molecule has 0 aliphatic heterocycles. The van der Waals surface area contributed by atoms with Crippen molar-refractivity contribution in [3.63, 3.8) is 0 Å². The van der Waals surface area contributed by atoms with Gasteiger partial charge in [0.05, 0.1) is 11.4 Å². The minimum Gasteiger partial charge on any atom is -0.357 e. The molecule has 1 amide bonds. The number of hydrogen-bond acceptors (Lipinski definition) is 4. The Kier molecular flexibility index (Phi) is 7.61. The highest BCUT2D eigenvalue weighted by molar-refractivity contribution is 7.89. The van der Waals surface area contributed by atoms with Gasteiger partial charge in [-0.15, -0.1) is 0 Å². The fourth-order valence-electron chi connectivity index (χ4n) is 2.45. The lowest BCUT2D eigenvalue weighted by molar-refractivity contribution is -0.122. The molecule has 1 aliphatic rings. The Hall–Kier alpha value is -2.13. The fraction of sp³-hybridized carbons (Fsp3) is 0.556. The van der Waals surface area contributed by atoms with Crippen molar-refractivity contribution in [3.05, 3.63) is 29.8 Å². The van der Waals surface area contributed by atoms with E-state index in [1.165, 1.54) is 18.4 Å². The molecule has 1 saturated carbocycles. The van der Waals surface area contributed by atoms with E-state index in [0.29, 0.717) is 31.2 Å². The zero-order valence-corrected chi connectivity index (χ0v) is 17.0. The molecular weight excluding hydrogens is 366 g/mol. The molecule has 0 atom stereocenters. The first kappa shape index (κ1) is 21.2. The molecule has 1 fully saturated rings. The molecule has 0 radical (unpaired) electrons. The van der Waals surface area contributed by atoms with Gasteiger partial charge in [-0.2, -0.15) is 0 Å². The second-order valence-electron chi connectivity index (χ2n) is 6.58. The van der Waals surface area contributed by atoms with Gasteiger partial charge in [-0.1, -0.05) is 18.2 Å². The van der Waals surface area contributed by atoms with Crippen LogP contribution in [0.4, 0.5) is 0 Å². The van der Waals surface area contributed by atoms with E-state index in [1.807, 2.05) is 6.92 Å². The van der Waals surface area contributed by atoms with Crippen molar-refractivity contribution in [3.8, 4) is 0 Å². The summed E-state index contributed by atoms with van der Waals surface area (Å²) in [6, 6.07) is 6.86. The minimum atomic E-state index is -3.52. The fourth-order valence-corrected chi connectivity index (χ4v) is 3.55. The quantitative estimate of drug-likeness (QED) is 0.321. The molecule has 3 N–H and O–H groups in total. The largest absolute Gasteiger partial charge is 0.357 e. The number of nitrogens with zero attached hydrogens (tertiary/aromatic N) is 2. The number of carbonyl (C=O) groups is 1. The van der Waals surface area contributed by atoms with Gasteiger partial charge in [-0.25, -0.2) is 17.7 Å². The van der Waals surface area contributed by atoms with Gasteiger partial charge in [0.2, 0.25) is 15.9 Å². The summed E-state index contributed by atoms with van der Waals surface area (Å²) in [5.41, 5.74) is 0.630. The summed E-state index contributed by atoms with van der Waals surface area (Å²) in [5.74, 6) is 0.888. The average Bonchev–Trinajstić information content (AvgIpc) is 3.48. The van der Waals surface area contributed by atoms with Crippen molar-refractivity contribution < 1.29 is 13.2 Å². The SMILES string of the molecule is CCNC(=NCc1ccccc1S(=O)(=O)N(C)C)NCCNC(=O)C1CC1. The number of aliphatic imine (C=N–C) groups is 1. The van der Waals surface area contributed by atoms with E-state index >= 15 is 0 Å². The molecule has 0 heterocycles. The van der Waals surface area contributed by atoms with Crippen LogP contribution in [0, 0.1) is 5.92 Å². The maximum absolute atomic E-state index is 12.5. The van der Waals surface area contributed by atoms with E-state index < -0.39 is 10.0 Å². The van der Waals surface area contributed by atoms with Gasteiger partial charge in [0.1, 0.15) is 0 Å². The van der Waals surface area contributed by atoms with Gasteiger partial charge >= 0.3 is 0 Å². The Morgan fingerprint density at radius 2 is 1.81 bits per heavy atom. The third-order valence-electron chi connectivity index (χ3n) is 4.15. The van der Waals surface area contributed by atoms with Crippen LogP contribution in [0.15, 0.2) is 34.2 Å². The number of sulfonamides is 1. The number of hydrogen-bond donors (Lipinski definition) is 3. The standard InChI is InChI=1S/C18H29N5O3S/c1-4-19-18(21-12-11-20-17(24)14-9-10-14)22-13-15-7-5-6-8-16(15)27(25,26)23(2)3/h5-8,14H,4,9-13H2,1-3H3,(H,20,24)(H2,19,21,22). The number of guanidine groups is 1. The number of nitrogens with one attached hydrogen (secondary N) is 3. The number of benzene rings is 1. The molecule has 1 aromatic carbocycles. The maximum Gasteiger partial charge on any atom is 0.242 e. The summed E-state index contributed by atoms with van der Waals surface area (Å²) in [6.45, 7) is 3.93. The third kappa shape index (κ3) is 6.21. The van der Waals surface area contributed by atoms with Crippen LogP contribution in [-0.2, 0) is 21.4 Å². The van der Waals surface area contributed by atoms with E-state index in [1.54, 1.807) is 24.3 Å². The molecular formula is C18H29N5O3S. The van der Waals surface area contributed by atoms with Gasteiger partial charge in [-0.3, -0.25) is 4.79 Å². The summed E-state index contributed by atoms with van der Waals surface area (Å²) in [5, 5.41) is 9.16. The minimum absolute atomic E-state index is 0.113. The molecule has 1 aliphatic carbocycles. The molecule has 150 valence electrons. The van der Waals surface area contributed by atoms with Gasteiger partial charge in [-0.05, 0) is 31.4 Å². The van der Waals surface area contributed by atoms with Crippen molar-refractivity contribution in [2.24, 2.45) is 10.9 Å². The van der Waals surface area contributed by atoms with Crippen LogP contribution in [0.3, 0.4) is 0 Å². The van der Waals surface area contributed by atoms with Crippen molar-refractivity contribution in [1.82, 2.24) is 20.3 Å².